The molecule has 0 atom stereocenters. The molecule has 2 aromatic carbocycles. The van der Waals surface area contributed by atoms with E-state index in [9.17, 15) is 13.2 Å². The van der Waals surface area contributed by atoms with E-state index in [4.69, 9.17) is 0 Å². The second kappa shape index (κ2) is 10.9. The number of aromatic nitrogens is 1. The Morgan fingerprint density at radius 1 is 1.03 bits per heavy atom. The molecular weight excluding hydrogens is 448 g/mol. The molecule has 0 saturated carbocycles. The molecule has 0 radical (unpaired) electrons. The Labute approximate surface area is 201 Å². The quantitative estimate of drug-likeness (QED) is 0.519. The first kappa shape index (κ1) is 24.1. The third kappa shape index (κ3) is 6.28. The van der Waals surface area contributed by atoms with Gasteiger partial charge in [-0.3, -0.25) is 14.7 Å². The van der Waals surface area contributed by atoms with E-state index >= 15 is 0 Å². The van der Waals surface area contributed by atoms with Crippen molar-refractivity contribution in [3.63, 3.8) is 0 Å². The van der Waals surface area contributed by atoms with Crippen LogP contribution >= 0.6 is 0 Å². The zero-order valence-electron chi connectivity index (χ0n) is 19.3. The number of hydrogen-bond donors (Lipinski definition) is 2. The van der Waals surface area contributed by atoms with Gasteiger partial charge in [0.15, 0.2) is 0 Å². The summed E-state index contributed by atoms with van der Waals surface area (Å²) in [5.41, 5.74) is 3.04. The van der Waals surface area contributed by atoms with Gasteiger partial charge >= 0.3 is 0 Å². The predicted octanol–water partition coefficient (Wildman–Crippen LogP) is 3.26. The lowest BCUT2D eigenvalue weighted by molar-refractivity contribution is 0.0907. The Kier molecular flexibility index (Phi) is 7.72. The maximum absolute atomic E-state index is 13.0. The normalized spacial score (nSPS) is 15.2. The monoisotopic (exact) mass is 478 g/mol. The number of pyridine rings is 1. The highest BCUT2D eigenvalue weighted by Crippen LogP contribution is 2.18. The van der Waals surface area contributed by atoms with Crippen molar-refractivity contribution in [2.75, 3.05) is 13.1 Å². The Bertz CT molecular complexity index is 1210. The molecule has 0 unspecified atom stereocenters. The van der Waals surface area contributed by atoms with Crippen LogP contribution in [0.5, 0.6) is 0 Å². The molecule has 8 heteroatoms. The molecule has 0 bridgehead atoms. The van der Waals surface area contributed by atoms with Crippen LogP contribution in [0.25, 0.3) is 0 Å². The molecule has 0 spiro atoms. The van der Waals surface area contributed by atoms with Crippen molar-refractivity contribution < 1.29 is 13.2 Å². The lowest BCUT2D eigenvalue weighted by atomic mass is 10.0. The zero-order chi connectivity index (χ0) is 24.0. The molecule has 1 fully saturated rings. The van der Waals surface area contributed by atoms with Crippen LogP contribution in [0.2, 0.25) is 0 Å². The number of nitrogens with one attached hydrogen (secondary N) is 2. The number of nitrogens with zero attached hydrogens (tertiary/aromatic N) is 2. The first-order valence-corrected chi connectivity index (χ1v) is 13.0. The fourth-order valence-electron chi connectivity index (χ4n) is 4.09. The number of sulfonamides is 1. The minimum absolute atomic E-state index is 0.0587. The van der Waals surface area contributed by atoms with E-state index in [2.05, 4.69) is 19.9 Å². The highest BCUT2D eigenvalue weighted by atomic mass is 32.2. The van der Waals surface area contributed by atoms with E-state index in [1.807, 2.05) is 55.5 Å². The summed E-state index contributed by atoms with van der Waals surface area (Å²) in [5, 5.41) is 3.10. The Balaban J connectivity index is 1.35. The van der Waals surface area contributed by atoms with Crippen LogP contribution in [0, 0.1) is 6.92 Å². The lowest BCUT2D eigenvalue weighted by Crippen LogP contribution is -2.44. The average Bonchev–Trinajstić information content (AvgIpc) is 2.85. The SMILES string of the molecule is Cc1ccc(S(=O)(=O)NCc2ccccc2)cc1C(=O)NC1CCN(Cc2ccccn2)CC1. The number of carbonyl (C=O) groups excluding carboxylic acids is 1. The highest BCUT2D eigenvalue weighted by Gasteiger charge is 2.23. The van der Waals surface area contributed by atoms with Gasteiger partial charge in [0.05, 0.1) is 10.6 Å². The molecule has 3 aromatic rings. The molecule has 7 nitrogen and oxygen atoms in total. The summed E-state index contributed by atoms with van der Waals surface area (Å²) in [5.74, 6) is -0.235. The molecule has 2 N–H and O–H groups in total. The third-order valence-electron chi connectivity index (χ3n) is 6.11. The molecule has 34 heavy (non-hydrogen) atoms. The number of rotatable bonds is 8. The molecule has 1 aliphatic heterocycles. The first-order chi connectivity index (χ1) is 16.4. The van der Waals surface area contributed by atoms with E-state index in [0.29, 0.717) is 5.56 Å². The van der Waals surface area contributed by atoms with Crippen molar-refractivity contribution in [3.05, 3.63) is 95.3 Å². The third-order valence-corrected chi connectivity index (χ3v) is 7.51. The number of amides is 1. The summed E-state index contributed by atoms with van der Waals surface area (Å²) in [6.07, 6.45) is 3.48. The maximum Gasteiger partial charge on any atom is 0.251 e. The van der Waals surface area contributed by atoms with Gasteiger partial charge in [0.2, 0.25) is 10.0 Å². The summed E-state index contributed by atoms with van der Waals surface area (Å²) < 4.78 is 28.2. The van der Waals surface area contributed by atoms with Crippen molar-refractivity contribution in [1.29, 1.82) is 0 Å². The van der Waals surface area contributed by atoms with Crippen LogP contribution < -0.4 is 10.0 Å². The molecule has 2 heterocycles. The number of piperidine rings is 1. The van der Waals surface area contributed by atoms with E-state index in [0.717, 1.165) is 49.3 Å². The van der Waals surface area contributed by atoms with Crippen molar-refractivity contribution in [1.82, 2.24) is 19.9 Å². The molecular formula is C26H30N4O3S. The standard InChI is InChI=1S/C26H30N4O3S/c1-20-10-11-24(34(32,33)28-18-21-7-3-2-4-8-21)17-25(20)26(31)29-22-12-15-30(16-13-22)19-23-9-5-6-14-27-23/h2-11,14,17,22,28H,12-13,15-16,18-19H2,1H3,(H,29,31). The van der Waals surface area contributed by atoms with Crippen LogP contribution in [-0.2, 0) is 23.1 Å². The average molecular weight is 479 g/mol. The summed E-state index contributed by atoms with van der Waals surface area (Å²) >= 11 is 0. The molecule has 4 rings (SSSR count). The second-order valence-corrected chi connectivity index (χ2v) is 10.4. The van der Waals surface area contributed by atoms with E-state index in [-0.39, 0.29) is 23.4 Å². The number of aryl methyl sites for hydroxylation is 1. The fraction of sp³-hybridized carbons (Fsp3) is 0.308. The number of benzene rings is 2. The van der Waals surface area contributed by atoms with Crippen molar-refractivity contribution in [3.8, 4) is 0 Å². The van der Waals surface area contributed by atoms with Gasteiger partial charge in [-0.25, -0.2) is 13.1 Å². The highest BCUT2D eigenvalue weighted by molar-refractivity contribution is 7.89. The Morgan fingerprint density at radius 2 is 1.76 bits per heavy atom. The van der Waals surface area contributed by atoms with Gasteiger partial charge in [0.25, 0.3) is 5.91 Å². The molecule has 1 aromatic heterocycles. The van der Waals surface area contributed by atoms with Gasteiger partial charge in [0, 0.05) is 44.0 Å². The van der Waals surface area contributed by atoms with Crippen LogP contribution in [0.15, 0.2) is 77.8 Å². The van der Waals surface area contributed by atoms with Gasteiger partial charge < -0.3 is 5.32 Å². The van der Waals surface area contributed by atoms with Crippen LogP contribution in [0.3, 0.4) is 0 Å². The molecule has 1 aliphatic rings. The second-order valence-electron chi connectivity index (χ2n) is 8.63. The fourth-order valence-corrected chi connectivity index (χ4v) is 5.13. The summed E-state index contributed by atoms with van der Waals surface area (Å²) in [4.78, 5) is 19.8. The number of likely N-dealkylation sites (tertiary alicyclic amines) is 1. The van der Waals surface area contributed by atoms with Crippen molar-refractivity contribution >= 4 is 15.9 Å². The predicted molar refractivity (Wildman–Crippen MR) is 132 cm³/mol. The zero-order valence-corrected chi connectivity index (χ0v) is 20.1. The molecule has 1 saturated heterocycles. The largest absolute Gasteiger partial charge is 0.349 e. The van der Waals surface area contributed by atoms with Gasteiger partial charge in [-0.2, -0.15) is 0 Å². The topological polar surface area (TPSA) is 91.4 Å². The molecule has 1 amide bonds. The van der Waals surface area contributed by atoms with Crippen LogP contribution in [-0.4, -0.2) is 43.3 Å². The van der Waals surface area contributed by atoms with E-state index in [1.54, 1.807) is 12.3 Å². The lowest BCUT2D eigenvalue weighted by Gasteiger charge is -2.32. The number of carbonyl (C=O) groups is 1. The van der Waals surface area contributed by atoms with Crippen molar-refractivity contribution in [2.45, 2.75) is 43.8 Å². The molecule has 178 valence electrons. The van der Waals surface area contributed by atoms with Crippen LogP contribution in [0.4, 0.5) is 0 Å². The Hall–Kier alpha value is -3.07. The van der Waals surface area contributed by atoms with Crippen molar-refractivity contribution in [2.24, 2.45) is 0 Å². The number of hydrogen-bond acceptors (Lipinski definition) is 5. The summed E-state index contributed by atoms with van der Waals surface area (Å²) in [6.45, 7) is 4.56. The Morgan fingerprint density at radius 3 is 2.47 bits per heavy atom. The summed E-state index contributed by atoms with van der Waals surface area (Å²) in [7, 11) is -3.74. The van der Waals surface area contributed by atoms with E-state index < -0.39 is 10.0 Å². The minimum atomic E-state index is -3.74. The van der Waals surface area contributed by atoms with Gasteiger partial charge in [-0.1, -0.05) is 42.5 Å². The first-order valence-electron chi connectivity index (χ1n) is 11.5. The van der Waals surface area contributed by atoms with Crippen LogP contribution in [0.1, 0.15) is 40.0 Å². The summed E-state index contributed by atoms with van der Waals surface area (Å²) in [6, 6.07) is 20.0. The smallest absolute Gasteiger partial charge is 0.251 e. The van der Waals surface area contributed by atoms with Gasteiger partial charge in [0.1, 0.15) is 0 Å². The van der Waals surface area contributed by atoms with Gasteiger partial charge in [-0.15, -0.1) is 0 Å². The van der Waals surface area contributed by atoms with Gasteiger partial charge in [-0.05, 0) is 55.2 Å². The maximum atomic E-state index is 13.0. The van der Waals surface area contributed by atoms with E-state index in [1.165, 1.54) is 12.1 Å². The minimum Gasteiger partial charge on any atom is -0.349 e. The molecule has 0 aliphatic carbocycles.